The summed E-state index contributed by atoms with van der Waals surface area (Å²) in [6.45, 7) is 11.0. The first-order valence-corrected chi connectivity index (χ1v) is 7.22. The lowest BCUT2D eigenvalue weighted by molar-refractivity contribution is 0.384. The van der Waals surface area contributed by atoms with Crippen molar-refractivity contribution in [1.29, 1.82) is 0 Å². The Labute approximate surface area is 117 Å². The Kier molecular flexibility index (Phi) is 4.01. The fourth-order valence-electron chi connectivity index (χ4n) is 1.58. The summed E-state index contributed by atoms with van der Waals surface area (Å²) in [6, 6.07) is 0.180. The number of nitrogens with zero attached hydrogens (tertiary/aromatic N) is 3. The zero-order chi connectivity index (χ0) is 14.0. The molecule has 0 spiro atoms. The Bertz CT molecular complexity index is 541. The van der Waals surface area contributed by atoms with Crippen LogP contribution in [0.4, 0.5) is 0 Å². The Morgan fingerprint density at radius 1 is 1.37 bits per heavy atom. The molecular weight excluding hydrogens is 260 g/mol. The van der Waals surface area contributed by atoms with Gasteiger partial charge in [0.2, 0.25) is 5.89 Å². The van der Waals surface area contributed by atoms with Gasteiger partial charge in [-0.05, 0) is 6.92 Å². The maximum Gasteiger partial charge on any atom is 0.223 e. The molecule has 6 heteroatoms. The molecule has 2 aromatic rings. The van der Waals surface area contributed by atoms with Crippen LogP contribution in [0.2, 0.25) is 0 Å². The van der Waals surface area contributed by atoms with Gasteiger partial charge in [-0.3, -0.25) is 0 Å². The van der Waals surface area contributed by atoms with Gasteiger partial charge in [-0.25, -0.2) is 4.98 Å². The lowest BCUT2D eigenvalue weighted by Crippen LogP contribution is -2.19. The van der Waals surface area contributed by atoms with Crippen LogP contribution in [0.5, 0.6) is 0 Å². The van der Waals surface area contributed by atoms with E-state index in [0.717, 1.165) is 10.7 Å². The number of rotatable bonds is 4. The van der Waals surface area contributed by atoms with Gasteiger partial charge in [0.1, 0.15) is 5.01 Å². The van der Waals surface area contributed by atoms with Crippen LogP contribution >= 0.6 is 11.3 Å². The van der Waals surface area contributed by atoms with Crippen LogP contribution in [0.1, 0.15) is 56.2 Å². The Hall–Kier alpha value is -1.27. The fourth-order valence-corrected chi connectivity index (χ4v) is 2.65. The van der Waals surface area contributed by atoms with Crippen LogP contribution in [-0.2, 0) is 12.0 Å². The van der Waals surface area contributed by atoms with Crippen molar-refractivity contribution in [2.24, 2.45) is 0 Å². The Balaban J connectivity index is 1.96. The van der Waals surface area contributed by atoms with Gasteiger partial charge in [0.05, 0.1) is 18.3 Å². The summed E-state index contributed by atoms with van der Waals surface area (Å²) < 4.78 is 4.94. The summed E-state index contributed by atoms with van der Waals surface area (Å²) in [5.74, 6) is 1.27. The number of hydrogen-bond donors (Lipinski definition) is 1. The molecule has 2 rings (SSSR count). The highest BCUT2D eigenvalue weighted by Gasteiger charge is 2.19. The van der Waals surface area contributed by atoms with Gasteiger partial charge in [-0.1, -0.05) is 25.9 Å². The van der Waals surface area contributed by atoms with E-state index in [0.29, 0.717) is 18.3 Å². The van der Waals surface area contributed by atoms with Crippen molar-refractivity contribution < 1.29 is 4.52 Å². The van der Waals surface area contributed by atoms with E-state index in [9.17, 15) is 0 Å². The second kappa shape index (κ2) is 5.38. The SMILES string of the molecule is Cc1nc(CNC(C)c2nc(C(C)(C)C)cs2)no1. The van der Waals surface area contributed by atoms with Gasteiger partial charge in [-0.2, -0.15) is 4.98 Å². The summed E-state index contributed by atoms with van der Waals surface area (Å²) in [5.41, 5.74) is 1.23. The molecule has 0 aliphatic carbocycles. The standard InChI is InChI=1S/C13H20N4OS/c1-8(14-6-11-15-9(2)18-17-11)12-16-10(7-19-12)13(3,4)5/h7-8,14H,6H2,1-5H3. The van der Waals surface area contributed by atoms with Crippen LogP contribution in [-0.4, -0.2) is 15.1 Å². The lowest BCUT2D eigenvalue weighted by Gasteiger charge is -2.15. The third-order valence-electron chi connectivity index (χ3n) is 2.80. The molecule has 0 saturated heterocycles. The van der Waals surface area contributed by atoms with Gasteiger partial charge in [0.15, 0.2) is 5.82 Å². The normalized spacial score (nSPS) is 13.7. The van der Waals surface area contributed by atoms with Gasteiger partial charge in [-0.15, -0.1) is 11.3 Å². The predicted octanol–water partition coefficient (Wildman–Crippen LogP) is 2.98. The van der Waals surface area contributed by atoms with Crippen molar-refractivity contribution in [2.45, 2.75) is 52.6 Å². The molecule has 0 bridgehead atoms. The van der Waals surface area contributed by atoms with E-state index in [1.54, 1.807) is 18.3 Å². The van der Waals surface area contributed by atoms with Crippen molar-refractivity contribution in [3.8, 4) is 0 Å². The van der Waals surface area contributed by atoms with Crippen molar-refractivity contribution >= 4 is 11.3 Å². The van der Waals surface area contributed by atoms with Crippen molar-refractivity contribution in [3.05, 3.63) is 27.8 Å². The second-order valence-corrected chi connectivity index (χ2v) is 6.54. The molecule has 2 aromatic heterocycles. The average Bonchev–Trinajstić information content (AvgIpc) is 2.93. The van der Waals surface area contributed by atoms with Crippen molar-refractivity contribution in [3.63, 3.8) is 0 Å². The summed E-state index contributed by atoms with van der Waals surface area (Å²) in [6.07, 6.45) is 0. The molecule has 1 atom stereocenters. The van der Waals surface area contributed by atoms with Crippen LogP contribution in [0.25, 0.3) is 0 Å². The summed E-state index contributed by atoms with van der Waals surface area (Å²) in [7, 11) is 0. The second-order valence-electron chi connectivity index (χ2n) is 5.65. The van der Waals surface area contributed by atoms with Gasteiger partial charge >= 0.3 is 0 Å². The first kappa shape index (κ1) is 14.1. The van der Waals surface area contributed by atoms with Crippen LogP contribution < -0.4 is 5.32 Å². The number of aryl methyl sites for hydroxylation is 1. The lowest BCUT2D eigenvalue weighted by atomic mass is 9.93. The number of thiazole rings is 1. The summed E-state index contributed by atoms with van der Waals surface area (Å²) in [4.78, 5) is 8.85. The molecule has 1 N–H and O–H groups in total. The highest BCUT2D eigenvalue weighted by molar-refractivity contribution is 7.09. The van der Waals surface area contributed by atoms with Gasteiger partial charge in [0.25, 0.3) is 0 Å². The van der Waals surface area contributed by atoms with Crippen LogP contribution in [0.3, 0.4) is 0 Å². The van der Waals surface area contributed by atoms with E-state index in [1.165, 1.54) is 0 Å². The van der Waals surface area contributed by atoms with E-state index in [2.05, 4.69) is 48.5 Å². The molecule has 0 radical (unpaired) electrons. The molecule has 19 heavy (non-hydrogen) atoms. The van der Waals surface area contributed by atoms with Crippen molar-refractivity contribution in [1.82, 2.24) is 20.4 Å². The molecule has 2 heterocycles. The molecule has 5 nitrogen and oxygen atoms in total. The molecule has 0 aliphatic heterocycles. The maximum absolute atomic E-state index is 4.94. The van der Waals surface area contributed by atoms with Gasteiger partial charge in [0, 0.05) is 17.7 Å². The first-order valence-electron chi connectivity index (χ1n) is 6.35. The quantitative estimate of drug-likeness (QED) is 0.932. The third kappa shape index (κ3) is 3.61. The molecule has 0 aromatic carbocycles. The average molecular weight is 280 g/mol. The maximum atomic E-state index is 4.94. The first-order chi connectivity index (χ1) is 8.86. The molecule has 0 fully saturated rings. The summed E-state index contributed by atoms with van der Waals surface area (Å²) >= 11 is 1.69. The number of nitrogens with one attached hydrogen (secondary N) is 1. The van der Waals surface area contributed by atoms with E-state index in [4.69, 9.17) is 9.51 Å². The van der Waals surface area contributed by atoms with Crippen LogP contribution in [0.15, 0.2) is 9.90 Å². The van der Waals surface area contributed by atoms with E-state index >= 15 is 0 Å². The van der Waals surface area contributed by atoms with Crippen molar-refractivity contribution in [2.75, 3.05) is 0 Å². The topological polar surface area (TPSA) is 63.8 Å². The smallest absolute Gasteiger partial charge is 0.223 e. The van der Waals surface area contributed by atoms with Gasteiger partial charge < -0.3 is 9.84 Å². The third-order valence-corrected chi connectivity index (χ3v) is 3.82. The fraction of sp³-hybridized carbons (Fsp3) is 0.615. The molecule has 0 aliphatic rings. The molecular formula is C13H20N4OS. The van der Waals surface area contributed by atoms with E-state index in [-0.39, 0.29) is 11.5 Å². The van der Waals surface area contributed by atoms with E-state index in [1.807, 2.05) is 0 Å². The highest BCUT2D eigenvalue weighted by atomic mass is 32.1. The summed E-state index contributed by atoms with van der Waals surface area (Å²) in [5, 5.41) is 10.4. The largest absolute Gasteiger partial charge is 0.340 e. The Morgan fingerprint density at radius 2 is 2.11 bits per heavy atom. The van der Waals surface area contributed by atoms with E-state index < -0.39 is 0 Å². The molecule has 104 valence electrons. The minimum atomic E-state index is 0.0965. The zero-order valence-electron chi connectivity index (χ0n) is 12.0. The Morgan fingerprint density at radius 3 is 2.63 bits per heavy atom. The zero-order valence-corrected chi connectivity index (χ0v) is 12.8. The molecule has 0 amide bonds. The molecule has 1 unspecified atom stereocenters. The minimum Gasteiger partial charge on any atom is -0.340 e. The highest BCUT2D eigenvalue weighted by Crippen LogP contribution is 2.26. The molecule has 0 saturated carbocycles. The monoisotopic (exact) mass is 280 g/mol. The minimum absolute atomic E-state index is 0.0965. The number of aromatic nitrogens is 3. The number of hydrogen-bond acceptors (Lipinski definition) is 6. The van der Waals surface area contributed by atoms with Crippen LogP contribution in [0, 0.1) is 6.92 Å². The predicted molar refractivity (Wildman–Crippen MR) is 75.1 cm³/mol.